The summed E-state index contributed by atoms with van der Waals surface area (Å²) in [5.74, 6) is 0. The maximum Gasteiger partial charge on any atom is 0.129 e. The fraction of sp³-hybridized carbons (Fsp3) is 0. The van der Waals surface area contributed by atoms with Crippen molar-refractivity contribution in [3.63, 3.8) is 0 Å². The third-order valence-electron chi connectivity index (χ3n) is 1.33. The summed E-state index contributed by atoms with van der Waals surface area (Å²) < 4.78 is 0.654. The van der Waals surface area contributed by atoms with E-state index in [4.69, 9.17) is 23.8 Å². The van der Waals surface area contributed by atoms with Gasteiger partial charge in [0.15, 0.2) is 0 Å². The minimum absolute atomic E-state index is 0.654. The molecular formula is C6H3ClN2S2. The van der Waals surface area contributed by atoms with Crippen molar-refractivity contribution in [3.8, 4) is 0 Å². The van der Waals surface area contributed by atoms with Crippen molar-refractivity contribution in [1.82, 2.24) is 9.97 Å². The van der Waals surface area contributed by atoms with Gasteiger partial charge in [-0.15, -0.1) is 11.3 Å². The summed E-state index contributed by atoms with van der Waals surface area (Å²) in [7, 11) is 0. The van der Waals surface area contributed by atoms with E-state index >= 15 is 0 Å². The number of aromatic nitrogens is 2. The highest BCUT2D eigenvalue weighted by Gasteiger charge is 2.02. The minimum Gasteiger partial charge on any atom is -0.337 e. The van der Waals surface area contributed by atoms with Crippen molar-refractivity contribution < 1.29 is 0 Å². The Hall–Kier alpha value is -0.450. The molecule has 2 aromatic heterocycles. The molecule has 0 saturated carbocycles. The van der Waals surface area contributed by atoms with Gasteiger partial charge in [0.2, 0.25) is 0 Å². The first-order valence-corrected chi connectivity index (χ1v) is 4.56. The molecule has 5 heteroatoms. The van der Waals surface area contributed by atoms with E-state index in [9.17, 15) is 0 Å². The van der Waals surface area contributed by atoms with Crippen LogP contribution in [0.25, 0.3) is 10.2 Å². The second-order valence-corrected chi connectivity index (χ2v) is 3.67. The molecule has 2 aromatic rings. The normalized spacial score (nSPS) is 10.6. The van der Waals surface area contributed by atoms with Crippen LogP contribution in [0.15, 0.2) is 11.7 Å². The number of thiophene rings is 1. The van der Waals surface area contributed by atoms with Crippen molar-refractivity contribution in [1.29, 1.82) is 0 Å². The van der Waals surface area contributed by atoms with E-state index in [0.717, 1.165) is 10.2 Å². The molecule has 0 aliphatic carbocycles. The molecule has 0 amide bonds. The smallest absolute Gasteiger partial charge is 0.129 e. The number of aromatic amines is 1. The second kappa shape index (κ2) is 2.55. The molecule has 0 fully saturated rings. The zero-order valence-corrected chi connectivity index (χ0v) is 7.69. The number of nitrogens with one attached hydrogen (secondary N) is 1. The molecule has 0 spiro atoms. The number of fused-ring (bicyclic) bond motifs is 1. The fourth-order valence-corrected chi connectivity index (χ4v) is 2.38. The first kappa shape index (κ1) is 7.21. The number of rotatable bonds is 0. The Balaban J connectivity index is 3.08. The Morgan fingerprint density at radius 3 is 3.18 bits per heavy atom. The van der Waals surface area contributed by atoms with Gasteiger partial charge in [-0.25, -0.2) is 4.98 Å². The molecule has 11 heavy (non-hydrogen) atoms. The largest absolute Gasteiger partial charge is 0.337 e. The first-order chi connectivity index (χ1) is 5.29. The third kappa shape index (κ3) is 1.07. The monoisotopic (exact) mass is 202 g/mol. The van der Waals surface area contributed by atoms with Crippen molar-refractivity contribution in [2.45, 2.75) is 0 Å². The number of hydrogen-bond donors (Lipinski definition) is 1. The summed E-state index contributed by atoms with van der Waals surface area (Å²) in [5.41, 5.74) is 0. The van der Waals surface area contributed by atoms with Crippen molar-refractivity contribution in [2.75, 3.05) is 0 Å². The van der Waals surface area contributed by atoms with Gasteiger partial charge >= 0.3 is 0 Å². The maximum atomic E-state index is 5.86. The van der Waals surface area contributed by atoms with Gasteiger partial charge in [0.05, 0.1) is 16.7 Å². The topological polar surface area (TPSA) is 28.7 Å². The van der Waals surface area contributed by atoms with Gasteiger partial charge in [0, 0.05) is 5.38 Å². The van der Waals surface area contributed by atoms with Crippen molar-refractivity contribution in [2.24, 2.45) is 0 Å². The Kier molecular flexibility index (Phi) is 1.67. The van der Waals surface area contributed by atoms with E-state index in [-0.39, 0.29) is 0 Å². The number of H-pyrrole nitrogens is 1. The molecule has 2 heterocycles. The molecule has 56 valence electrons. The summed E-state index contributed by atoms with van der Waals surface area (Å²) in [6, 6.07) is 0. The lowest BCUT2D eigenvalue weighted by atomic mass is 10.4. The van der Waals surface area contributed by atoms with Crippen LogP contribution in [-0.4, -0.2) is 9.97 Å². The zero-order valence-electron chi connectivity index (χ0n) is 5.30. The predicted octanol–water partition coefficient (Wildman–Crippen LogP) is 3.01. The van der Waals surface area contributed by atoms with Crippen LogP contribution in [0.3, 0.4) is 0 Å². The van der Waals surface area contributed by atoms with Gasteiger partial charge in [-0.1, -0.05) is 23.8 Å². The molecule has 0 bridgehead atoms. The molecule has 0 aliphatic rings. The lowest BCUT2D eigenvalue weighted by molar-refractivity contribution is 1.22. The highest BCUT2D eigenvalue weighted by atomic mass is 35.5. The molecule has 2 rings (SSSR count). The van der Waals surface area contributed by atoms with Gasteiger partial charge < -0.3 is 4.98 Å². The lowest BCUT2D eigenvalue weighted by Crippen LogP contribution is -1.77. The third-order valence-corrected chi connectivity index (χ3v) is 2.97. The summed E-state index contributed by atoms with van der Waals surface area (Å²) in [6.45, 7) is 0. The molecule has 0 atom stereocenters. The van der Waals surface area contributed by atoms with Crippen LogP contribution < -0.4 is 0 Å². The van der Waals surface area contributed by atoms with Gasteiger partial charge in [-0.2, -0.15) is 0 Å². The standard InChI is InChI=1S/C6H3ClN2S2/c7-3-1-11-6-4(3)5(10)8-2-9-6/h1-2H,(H,8,9,10). The highest BCUT2D eigenvalue weighted by molar-refractivity contribution is 7.71. The summed E-state index contributed by atoms with van der Waals surface area (Å²) in [4.78, 5) is 7.79. The van der Waals surface area contributed by atoms with Crippen LogP contribution in [0.1, 0.15) is 0 Å². The molecule has 0 aromatic carbocycles. The van der Waals surface area contributed by atoms with Crippen LogP contribution in [0.2, 0.25) is 5.02 Å². The molecular weight excluding hydrogens is 200 g/mol. The molecule has 2 nitrogen and oxygen atoms in total. The van der Waals surface area contributed by atoms with Crippen LogP contribution in [0.5, 0.6) is 0 Å². The van der Waals surface area contributed by atoms with Crippen LogP contribution in [0, 0.1) is 4.64 Å². The van der Waals surface area contributed by atoms with Crippen molar-refractivity contribution >= 4 is 45.4 Å². The van der Waals surface area contributed by atoms with Gasteiger partial charge in [-0.05, 0) is 0 Å². The Bertz CT molecular complexity index is 445. The summed E-state index contributed by atoms with van der Waals surface area (Å²) in [6.07, 6.45) is 1.58. The van der Waals surface area contributed by atoms with E-state index in [1.165, 1.54) is 11.3 Å². The van der Waals surface area contributed by atoms with Gasteiger partial charge in [-0.3, -0.25) is 0 Å². The fourth-order valence-electron chi connectivity index (χ4n) is 0.850. The summed E-state index contributed by atoms with van der Waals surface area (Å²) >= 11 is 12.4. The Labute approximate surface area is 76.9 Å². The summed E-state index contributed by atoms with van der Waals surface area (Å²) in [5, 5.41) is 3.37. The molecule has 0 radical (unpaired) electrons. The maximum absolute atomic E-state index is 5.86. The van der Waals surface area contributed by atoms with Crippen LogP contribution in [-0.2, 0) is 0 Å². The van der Waals surface area contributed by atoms with Crippen LogP contribution >= 0.6 is 35.2 Å². The molecule has 1 N–H and O–H groups in total. The van der Waals surface area contributed by atoms with Gasteiger partial charge in [0.1, 0.15) is 9.47 Å². The highest BCUT2D eigenvalue weighted by Crippen LogP contribution is 2.27. The van der Waals surface area contributed by atoms with Crippen molar-refractivity contribution in [3.05, 3.63) is 21.4 Å². The number of nitrogens with zero attached hydrogens (tertiary/aromatic N) is 1. The first-order valence-electron chi connectivity index (χ1n) is 2.89. The average molecular weight is 203 g/mol. The zero-order chi connectivity index (χ0) is 7.84. The van der Waals surface area contributed by atoms with E-state index in [1.807, 2.05) is 5.38 Å². The number of halogens is 1. The Morgan fingerprint density at radius 1 is 1.64 bits per heavy atom. The molecule has 0 aliphatic heterocycles. The quantitative estimate of drug-likeness (QED) is 0.666. The van der Waals surface area contributed by atoms with E-state index < -0.39 is 0 Å². The minimum atomic E-state index is 0.654. The van der Waals surface area contributed by atoms with Crippen LogP contribution in [0.4, 0.5) is 0 Å². The van der Waals surface area contributed by atoms with Gasteiger partial charge in [0.25, 0.3) is 0 Å². The number of hydrogen-bond acceptors (Lipinski definition) is 3. The molecule has 0 saturated heterocycles. The second-order valence-electron chi connectivity index (χ2n) is 2.00. The average Bonchev–Trinajstić information content (AvgIpc) is 2.34. The van der Waals surface area contributed by atoms with E-state index in [2.05, 4.69) is 9.97 Å². The van der Waals surface area contributed by atoms with E-state index in [0.29, 0.717) is 9.66 Å². The molecule has 0 unspecified atom stereocenters. The van der Waals surface area contributed by atoms with E-state index in [1.54, 1.807) is 6.33 Å². The Morgan fingerprint density at radius 2 is 2.45 bits per heavy atom. The SMILES string of the molecule is S=c1[nH]cnc2scc(Cl)c12. The lowest BCUT2D eigenvalue weighted by Gasteiger charge is -1.87. The predicted molar refractivity (Wildman–Crippen MR) is 49.8 cm³/mol.